The first-order chi connectivity index (χ1) is 11.2. The van der Waals surface area contributed by atoms with Crippen LogP contribution in [-0.2, 0) is 23.4 Å². The molecule has 10 heteroatoms. The maximum atomic E-state index is 12.8. The van der Waals surface area contributed by atoms with Gasteiger partial charge in [0, 0.05) is 13.6 Å². The van der Waals surface area contributed by atoms with Gasteiger partial charge in [0.15, 0.2) is 0 Å². The van der Waals surface area contributed by atoms with Crippen molar-refractivity contribution < 1.29 is 9.72 Å². The summed E-state index contributed by atoms with van der Waals surface area (Å²) in [6.45, 7) is 6.15. The van der Waals surface area contributed by atoms with E-state index in [0.717, 1.165) is 11.9 Å². The van der Waals surface area contributed by atoms with Gasteiger partial charge in [0.25, 0.3) is 0 Å². The van der Waals surface area contributed by atoms with Gasteiger partial charge in [-0.2, -0.15) is 10.2 Å². The van der Waals surface area contributed by atoms with Crippen LogP contribution in [0.25, 0.3) is 0 Å². The third-order valence-electron chi connectivity index (χ3n) is 3.81. The number of carbonyl (C=O) groups is 1. The molecule has 0 aliphatic carbocycles. The molecule has 2 heterocycles. The highest BCUT2D eigenvalue weighted by Crippen LogP contribution is 2.23. The van der Waals surface area contributed by atoms with Crippen molar-refractivity contribution in [1.29, 1.82) is 0 Å². The number of nitrogens with zero attached hydrogens (tertiary/aromatic N) is 6. The molecule has 0 radical (unpaired) electrons. The van der Waals surface area contributed by atoms with Crippen molar-refractivity contribution in [2.45, 2.75) is 39.4 Å². The summed E-state index contributed by atoms with van der Waals surface area (Å²) >= 11 is 6.13. The van der Waals surface area contributed by atoms with E-state index in [9.17, 15) is 14.9 Å². The van der Waals surface area contributed by atoms with Crippen molar-refractivity contribution in [1.82, 2.24) is 24.5 Å². The topological polar surface area (TPSA) is 99.1 Å². The van der Waals surface area contributed by atoms with Crippen LogP contribution in [0.3, 0.4) is 0 Å². The fourth-order valence-electron chi connectivity index (χ4n) is 2.39. The molecule has 0 atom stereocenters. The van der Waals surface area contributed by atoms with Crippen LogP contribution in [0.2, 0.25) is 5.02 Å². The van der Waals surface area contributed by atoms with E-state index in [1.54, 1.807) is 31.8 Å². The molecular weight excluding hydrogens is 336 g/mol. The van der Waals surface area contributed by atoms with Crippen LogP contribution in [0.4, 0.5) is 5.69 Å². The third kappa shape index (κ3) is 3.25. The summed E-state index contributed by atoms with van der Waals surface area (Å²) < 4.78 is 3.01. The zero-order chi connectivity index (χ0) is 18.1. The van der Waals surface area contributed by atoms with Gasteiger partial charge in [-0.1, -0.05) is 11.6 Å². The van der Waals surface area contributed by atoms with Crippen LogP contribution in [-0.4, -0.2) is 42.3 Å². The Morgan fingerprint density at radius 3 is 2.62 bits per heavy atom. The summed E-state index contributed by atoms with van der Waals surface area (Å²) in [5.74, 6) is -0.250. The Hall–Kier alpha value is -2.42. The first-order valence-electron chi connectivity index (χ1n) is 7.33. The van der Waals surface area contributed by atoms with Crippen molar-refractivity contribution in [3.63, 3.8) is 0 Å². The van der Waals surface area contributed by atoms with Crippen molar-refractivity contribution in [3.05, 3.63) is 39.4 Å². The molecule has 2 rings (SSSR count). The smallest absolute Gasteiger partial charge is 0.307 e. The maximum absolute atomic E-state index is 12.8. The summed E-state index contributed by atoms with van der Waals surface area (Å²) in [7, 11) is 1.64. The largest absolute Gasteiger partial charge is 0.338 e. The summed E-state index contributed by atoms with van der Waals surface area (Å²) in [6, 6.07) is 0. The van der Waals surface area contributed by atoms with E-state index in [0.29, 0.717) is 11.6 Å². The molecule has 0 spiro atoms. The highest BCUT2D eigenvalue weighted by Gasteiger charge is 2.35. The molecule has 2 aromatic rings. The van der Waals surface area contributed by atoms with Gasteiger partial charge in [0.2, 0.25) is 5.91 Å². The van der Waals surface area contributed by atoms with E-state index in [1.807, 2.05) is 6.92 Å². The molecule has 24 heavy (non-hydrogen) atoms. The number of halogens is 1. The van der Waals surface area contributed by atoms with Crippen LogP contribution in [0.15, 0.2) is 18.6 Å². The number of likely N-dealkylation sites (N-methyl/N-ethyl adjacent to an activating group) is 1. The lowest BCUT2D eigenvalue weighted by molar-refractivity contribution is -0.385. The Bertz CT molecular complexity index is 766. The minimum Gasteiger partial charge on any atom is -0.338 e. The van der Waals surface area contributed by atoms with Crippen molar-refractivity contribution in [3.8, 4) is 0 Å². The molecule has 1 amide bonds. The number of rotatable bonds is 6. The third-order valence-corrected chi connectivity index (χ3v) is 4.12. The van der Waals surface area contributed by atoms with Gasteiger partial charge in [0.05, 0.1) is 28.4 Å². The van der Waals surface area contributed by atoms with Gasteiger partial charge in [-0.05, 0) is 20.8 Å². The van der Waals surface area contributed by atoms with Crippen molar-refractivity contribution in [2.75, 3.05) is 7.05 Å². The molecule has 0 N–H and O–H groups in total. The average Bonchev–Trinajstić information content (AvgIpc) is 3.15. The molecule has 9 nitrogen and oxygen atoms in total. The Kier molecular flexibility index (Phi) is 4.93. The van der Waals surface area contributed by atoms with Crippen LogP contribution < -0.4 is 0 Å². The molecule has 0 saturated carbocycles. The zero-order valence-electron chi connectivity index (χ0n) is 13.9. The monoisotopic (exact) mass is 354 g/mol. The molecular formula is C14H19ClN6O3. The molecule has 2 aromatic heterocycles. The average molecular weight is 355 g/mol. The molecule has 0 unspecified atom stereocenters. The zero-order valence-corrected chi connectivity index (χ0v) is 14.7. The highest BCUT2D eigenvalue weighted by molar-refractivity contribution is 6.31. The van der Waals surface area contributed by atoms with Crippen molar-refractivity contribution >= 4 is 23.2 Å². The van der Waals surface area contributed by atoms with E-state index in [-0.39, 0.29) is 18.1 Å². The molecule has 0 aromatic carbocycles. The number of aromatic nitrogens is 4. The first-order valence-corrected chi connectivity index (χ1v) is 7.71. The predicted octanol–water partition coefficient (Wildman–Crippen LogP) is 2.05. The lowest BCUT2D eigenvalue weighted by atomic mass is 10.0. The normalized spacial score (nSPS) is 11.5. The number of carbonyl (C=O) groups excluding carboxylic acids is 1. The SMILES string of the molecule is CCn1ncc(Cl)c1CN(C)C(=O)C(C)(C)n1cc([N+](=O)[O-])cn1. The summed E-state index contributed by atoms with van der Waals surface area (Å²) in [6.07, 6.45) is 3.91. The Morgan fingerprint density at radius 2 is 2.08 bits per heavy atom. The number of aryl methyl sites for hydroxylation is 1. The quantitative estimate of drug-likeness (QED) is 0.584. The standard InChI is InChI=1S/C14H19ClN6O3/c1-5-19-12(11(15)7-16-19)9-18(4)13(22)14(2,3)20-8-10(6-17-20)21(23)24/h6-8H,5,9H2,1-4H3. The van der Waals surface area contributed by atoms with Crippen LogP contribution in [0.1, 0.15) is 26.5 Å². The van der Waals surface area contributed by atoms with E-state index < -0.39 is 10.5 Å². The molecule has 0 aliphatic rings. The van der Waals surface area contributed by atoms with Gasteiger partial charge in [-0.15, -0.1) is 0 Å². The molecule has 130 valence electrons. The summed E-state index contributed by atoms with van der Waals surface area (Å²) in [5, 5.41) is 19.4. The first kappa shape index (κ1) is 17.9. The van der Waals surface area contributed by atoms with Crippen LogP contribution in [0.5, 0.6) is 0 Å². The second-order valence-corrected chi connectivity index (χ2v) is 6.28. The minimum atomic E-state index is -1.08. The second-order valence-electron chi connectivity index (χ2n) is 5.88. The second kappa shape index (κ2) is 6.60. The number of nitro groups is 1. The van der Waals surface area contributed by atoms with E-state index in [1.165, 1.54) is 15.8 Å². The lowest BCUT2D eigenvalue weighted by Crippen LogP contribution is -2.45. The van der Waals surface area contributed by atoms with Crippen LogP contribution in [0, 0.1) is 10.1 Å². The predicted molar refractivity (Wildman–Crippen MR) is 87.6 cm³/mol. The van der Waals surface area contributed by atoms with Crippen LogP contribution >= 0.6 is 11.6 Å². The van der Waals surface area contributed by atoms with Gasteiger partial charge in [0.1, 0.15) is 17.9 Å². The number of amides is 1. The molecule has 0 bridgehead atoms. The van der Waals surface area contributed by atoms with Crippen molar-refractivity contribution in [2.24, 2.45) is 0 Å². The summed E-state index contributed by atoms with van der Waals surface area (Å²) in [4.78, 5) is 24.6. The fraction of sp³-hybridized carbons (Fsp3) is 0.500. The van der Waals surface area contributed by atoms with Gasteiger partial charge in [-0.3, -0.25) is 24.3 Å². The van der Waals surface area contributed by atoms with E-state index >= 15 is 0 Å². The van der Waals surface area contributed by atoms with Gasteiger partial charge in [-0.25, -0.2) is 0 Å². The maximum Gasteiger partial charge on any atom is 0.307 e. The van der Waals surface area contributed by atoms with Gasteiger partial charge < -0.3 is 4.90 Å². The molecule has 0 fully saturated rings. The Labute approximate surface area is 144 Å². The van der Waals surface area contributed by atoms with E-state index in [4.69, 9.17) is 11.6 Å². The lowest BCUT2D eigenvalue weighted by Gasteiger charge is -2.29. The Balaban J connectivity index is 2.21. The molecule has 0 aliphatic heterocycles. The fourth-order valence-corrected chi connectivity index (χ4v) is 2.59. The number of hydrogen-bond acceptors (Lipinski definition) is 5. The van der Waals surface area contributed by atoms with Gasteiger partial charge >= 0.3 is 5.69 Å². The highest BCUT2D eigenvalue weighted by atomic mass is 35.5. The summed E-state index contributed by atoms with van der Waals surface area (Å²) in [5.41, 5.74) is -0.505. The Morgan fingerprint density at radius 1 is 1.42 bits per heavy atom. The molecule has 0 saturated heterocycles. The van der Waals surface area contributed by atoms with E-state index in [2.05, 4.69) is 10.2 Å². The number of hydrogen-bond donors (Lipinski definition) is 0. The minimum absolute atomic E-state index is 0.161.